The van der Waals surface area contributed by atoms with Crippen molar-refractivity contribution in [2.75, 3.05) is 38.5 Å². The first-order valence-corrected chi connectivity index (χ1v) is 12.8. The maximum atomic E-state index is 10.3. The van der Waals surface area contributed by atoms with Crippen LogP contribution in [0.25, 0.3) is 6.08 Å². The van der Waals surface area contributed by atoms with Gasteiger partial charge in [-0.25, -0.2) is 9.97 Å². The molecular weight excluding hydrogens is 422 g/mol. The number of hydrogen-bond acceptors (Lipinski definition) is 6. The Morgan fingerprint density at radius 3 is 2.71 bits per heavy atom. The van der Waals surface area contributed by atoms with Gasteiger partial charge >= 0.3 is 0 Å². The van der Waals surface area contributed by atoms with Crippen LogP contribution in [0.5, 0.6) is 0 Å². The quantitative estimate of drug-likeness (QED) is 0.298. The van der Waals surface area contributed by atoms with Gasteiger partial charge in [0.15, 0.2) is 0 Å². The third-order valence-corrected chi connectivity index (χ3v) is 6.76. The van der Waals surface area contributed by atoms with Gasteiger partial charge < -0.3 is 15.3 Å². The van der Waals surface area contributed by atoms with E-state index in [1.165, 1.54) is 37.9 Å². The van der Waals surface area contributed by atoms with Crippen molar-refractivity contribution in [2.45, 2.75) is 51.2 Å². The molecule has 2 atom stereocenters. The second kappa shape index (κ2) is 12.8. The molecule has 182 valence electrons. The third-order valence-electron chi connectivity index (χ3n) is 6.76. The average molecular weight is 462 g/mol. The Kier molecular flexibility index (Phi) is 9.25. The highest BCUT2D eigenvalue weighted by Gasteiger charge is 2.17. The number of anilines is 1. The number of allylic oxidation sites excluding steroid dienone is 2. The molecule has 1 aliphatic heterocycles. The van der Waals surface area contributed by atoms with E-state index in [1.54, 1.807) is 7.05 Å². The summed E-state index contributed by atoms with van der Waals surface area (Å²) in [7, 11) is 1.79. The van der Waals surface area contributed by atoms with Gasteiger partial charge in [0.1, 0.15) is 17.9 Å². The molecule has 1 saturated heterocycles. The second-order valence-electron chi connectivity index (χ2n) is 9.36. The Morgan fingerprint density at radius 1 is 1.09 bits per heavy atom. The fourth-order valence-corrected chi connectivity index (χ4v) is 4.81. The zero-order chi connectivity index (χ0) is 23.6. The lowest BCUT2D eigenvalue weighted by atomic mass is 10.0. The van der Waals surface area contributed by atoms with Gasteiger partial charge in [-0.15, -0.1) is 0 Å². The minimum absolute atomic E-state index is 0.0354. The lowest BCUT2D eigenvalue weighted by Gasteiger charge is -2.26. The van der Waals surface area contributed by atoms with E-state index in [0.29, 0.717) is 6.42 Å². The minimum atomic E-state index is -0.561. The van der Waals surface area contributed by atoms with E-state index in [-0.39, 0.29) is 5.92 Å². The van der Waals surface area contributed by atoms with E-state index in [2.05, 4.69) is 64.1 Å². The number of aromatic nitrogens is 2. The molecule has 6 heteroatoms. The highest BCUT2D eigenvalue weighted by Crippen LogP contribution is 2.24. The van der Waals surface area contributed by atoms with E-state index < -0.39 is 6.23 Å². The lowest BCUT2D eigenvalue weighted by molar-refractivity contribution is 0.104. The second-order valence-corrected chi connectivity index (χ2v) is 9.36. The van der Waals surface area contributed by atoms with Crippen molar-refractivity contribution >= 4 is 11.9 Å². The lowest BCUT2D eigenvalue weighted by Crippen LogP contribution is -2.31. The Balaban J connectivity index is 1.52. The zero-order valence-corrected chi connectivity index (χ0v) is 20.4. The van der Waals surface area contributed by atoms with E-state index >= 15 is 0 Å². The summed E-state index contributed by atoms with van der Waals surface area (Å²) in [6.07, 6.45) is 15.3. The molecule has 0 saturated carbocycles. The predicted molar refractivity (Wildman–Crippen MR) is 140 cm³/mol. The molecule has 3 N–H and O–H groups in total. The number of likely N-dealkylation sites (tertiary alicyclic amines) is 1. The number of nitrogens with one attached hydrogen (secondary N) is 2. The summed E-state index contributed by atoms with van der Waals surface area (Å²) in [5.74, 6) is 1.80. The minimum Gasteiger partial charge on any atom is -0.378 e. The first-order valence-electron chi connectivity index (χ1n) is 12.8. The summed E-state index contributed by atoms with van der Waals surface area (Å²) < 4.78 is 0. The van der Waals surface area contributed by atoms with Crippen molar-refractivity contribution in [1.82, 2.24) is 20.2 Å². The van der Waals surface area contributed by atoms with Gasteiger partial charge in [0.2, 0.25) is 0 Å². The van der Waals surface area contributed by atoms with Crippen LogP contribution in [-0.4, -0.2) is 59.4 Å². The summed E-state index contributed by atoms with van der Waals surface area (Å²) in [6, 6.07) is 10.4. The maximum Gasteiger partial charge on any atom is 0.137 e. The van der Waals surface area contributed by atoms with Gasteiger partial charge in [0, 0.05) is 30.9 Å². The molecule has 1 aromatic carbocycles. The van der Waals surface area contributed by atoms with E-state index in [1.807, 2.05) is 6.07 Å². The number of fused-ring (bicyclic) bond motifs is 1. The van der Waals surface area contributed by atoms with Gasteiger partial charge in [-0.05, 0) is 57.9 Å². The largest absolute Gasteiger partial charge is 0.378 e. The normalized spacial score (nSPS) is 21.5. The highest BCUT2D eigenvalue weighted by molar-refractivity contribution is 5.65. The molecule has 4 rings (SSSR count). The first-order chi connectivity index (χ1) is 16.7. The van der Waals surface area contributed by atoms with E-state index in [9.17, 15) is 5.11 Å². The first kappa shape index (κ1) is 24.6. The fourth-order valence-electron chi connectivity index (χ4n) is 4.81. The van der Waals surface area contributed by atoms with Crippen LogP contribution in [0.4, 0.5) is 5.82 Å². The Hall–Kier alpha value is -2.54. The molecule has 0 amide bonds. The van der Waals surface area contributed by atoms with Gasteiger partial charge in [-0.2, -0.15) is 0 Å². The Labute approximate surface area is 204 Å². The number of rotatable bonds is 9. The third kappa shape index (κ3) is 6.98. The molecule has 2 aliphatic rings. The van der Waals surface area contributed by atoms with E-state index in [4.69, 9.17) is 9.97 Å². The molecule has 2 aromatic rings. The summed E-state index contributed by atoms with van der Waals surface area (Å²) in [6.45, 7) is 4.51. The van der Waals surface area contributed by atoms with Crippen molar-refractivity contribution in [2.24, 2.45) is 5.92 Å². The topological polar surface area (TPSA) is 73.3 Å². The summed E-state index contributed by atoms with van der Waals surface area (Å²) in [5.41, 5.74) is 3.32. The highest BCUT2D eigenvalue weighted by atomic mass is 16.3. The van der Waals surface area contributed by atoms with Crippen molar-refractivity contribution in [3.8, 4) is 0 Å². The van der Waals surface area contributed by atoms with Crippen LogP contribution in [0.2, 0.25) is 0 Å². The molecule has 0 bridgehead atoms. The predicted octanol–water partition coefficient (Wildman–Crippen LogP) is 4.02. The molecule has 0 spiro atoms. The van der Waals surface area contributed by atoms with Crippen molar-refractivity contribution in [3.05, 3.63) is 71.2 Å². The average Bonchev–Trinajstić information content (AvgIpc) is 2.98. The van der Waals surface area contributed by atoms with Crippen molar-refractivity contribution in [1.29, 1.82) is 0 Å². The van der Waals surface area contributed by atoms with Crippen LogP contribution in [0, 0.1) is 5.92 Å². The van der Waals surface area contributed by atoms with Crippen LogP contribution in [0.1, 0.15) is 54.7 Å². The monoisotopic (exact) mass is 461 g/mol. The molecular formula is C28H39N5O. The van der Waals surface area contributed by atoms with Crippen LogP contribution < -0.4 is 10.6 Å². The fraction of sp³-hybridized carbons (Fsp3) is 0.500. The van der Waals surface area contributed by atoms with Gasteiger partial charge in [0.25, 0.3) is 0 Å². The van der Waals surface area contributed by atoms with Gasteiger partial charge in [0.05, 0.1) is 5.69 Å². The van der Waals surface area contributed by atoms with Crippen LogP contribution in [-0.2, 0) is 12.8 Å². The molecule has 1 aromatic heterocycles. The maximum absolute atomic E-state index is 10.3. The van der Waals surface area contributed by atoms with Crippen LogP contribution in [0.15, 0.2) is 48.6 Å². The van der Waals surface area contributed by atoms with Crippen molar-refractivity contribution < 1.29 is 5.11 Å². The molecule has 6 nitrogen and oxygen atoms in total. The Morgan fingerprint density at radius 2 is 1.91 bits per heavy atom. The number of benzene rings is 1. The molecule has 2 unspecified atom stereocenters. The number of nitrogens with zero attached hydrogens (tertiary/aromatic N) is 3. The van der Waals surface area contributed by atoms with Gasteiger partial charge in [-0.3, -0.25) is 5.32 Å². The van der Waals surface area contributed by atoms with Crippen molar-refractivity contribution in [3.63, 3.8) is 0 Å². The molecule has 34 heavy (non-hydrogen) atoms. The zero-order valence-electron chi connectivity index (χ0n) is 20.4. The molecule has 1 aliphatic carbocycles. The Bertz CT molecular complexity index is 953. The molecule has 2 heterocycles. The summed E-state index contributed by atoms with van der Waals surface area (Å²) >= 11 is 0. The molecule has 0 radical (unpaired) electrons. The van der Waals surface area contributed by atoms with Gasteiger partial charge in [-0.1, -0.05) is 61.1 Å². The van der Waals surface area contributed by atoms with E-state index in [0.717, 1.165) is 55.3 Å². The number of piperidine rings is 1. The number of aliphatic hydroxyl groups is 1. The number of aliphatic hydroxyl groups excluding tert-OH is 1. The smallest absolute Gasteiger partial charge is 0.137 e. The molecule has 1 fully saturated rings. The van der Waals surface area contributed by atoms with Crippen LogP contribution in [0.3, 0.4) is 0 Å². The summed E-state index contributed by atoms with van der Waals surface area (Å²) in [4.78, 5) is 12.5. The van der Waals surface area contributed by atoms with Crippen LogP contribution >= 0.6 is 0 Å². The summed E-state index contributed by atoms with van der Waals surface area (Å²) in [5, 5.41) is 16.9. The SMILES string of the molecule is CNC(O)C1/C=C/Cc2nc(Cc3ccccc3)nc(NCCCN3CCCCC3)c2/C=C/C1. The standard InChI is InChI=1S/C28H39N5O/c1-29-28(34)23-13-8-15-24-25(16-9-14-23)31-26(21-22-11-4-2-5-12-22)32-27(24)30-17-10-20-33-18-6-3-7-19-33/h2,4-5,8-9,11-12,14-15,23,28-29,34H,3,6-7,10,13,16-21H2,1H3,(H,30,31,32)/b14-9+,15-8+. The number of hydrogen-bond donors (Lipinski definition) is 3.